The van der Waals surface area contributed by atoms with Gasteiger partial charge in [-0.15, -0.1) is 0 Å². The van der Waals surface area contributed by atoms with Crippen molar-refractivity contribution in [2.24, 2.45) is 11.5 Å². The van der Waals surface area contributed by atoms with Gasteiger partial charge in [0.05, 0.1) is 5.54 Å². The standard InChI is InChI=1S/C19H26N4O/c20-11-2-1-10-19(21,18-16(24)9-5-13-23-18)15-8-3-6-14-7-4-12-22-17(14)15/h4-5,7,9,12-13,15,24H,1-3,6,8,10-11,20-21H2. The van der Waals surface area contributed by atoms with Crippen LogP contribution in [0.2, 0.25) is 0 Å². The number of nitrogens with zero attached hydrogens (tertiary/aromatic N) is 2. The van der Waals surface area contributed by atoms with E-state index in [-0.39, 0.29) is 11.7 Å². The quantitative estimate of drug-likeness (QED) is 0.709. The van der Waals surface area contributed by atoms with E-state index in [1.807, 2.05) is 12.3 Å². The van der Waals surface area contributed by atoms with Crippen molar-refractivity contribution < 1.29 is 5.11 Å². The molecule has 5 heteroatoms. The SMILES string of the molecule is NCCCCC(N)(c1ncccc1O)C1CCCc2cccnc21. The Labute approximate surface area is 143 Å². The molecule has 2 unspecified atom stereocenters. The Morgan fingerprint density at radius 3 is 2.75 bits per heavy atom. The molecule has 0 aromatic carbocycles. The van der Waals surface area contributed by atoms with E-state index in [4.69, 9.17) is 11.5 Å². The van der Waals surface area contributed by atoms with Crippen molar-refractivity contribution >= 4 is 0 Å². The van der Waals surface area contributed by atoms with Crippen LogP contribution < -0.4 is 11.5 Å². The lowest BCUT2D eigenvalue weighted by molar-refractivity contribution is 0.268. The van der Waals surface area contributed by atoms with E-state index in [0.29, 0.717) is 12.2 Å². The molecule has 1 aliphatic rings. The average molecular weight is 326 g/mol. The van der Waals surface area contributed by atoms with Gasteiger partial charge in [-0.25, -0.2) is 0 Å². The maximum absolute atomic E-state index is 10.4. The minimum absolute atomic E-state index is 0.0565. The molecule has 2 aromatic heterocycles. The van der Waals surface area contributed by atoms with Crippen LogP contribution in [-0.2, 0) is 12.0 Å². The van der Waals surface area contributed by atoms with Crippen molar-refractivity contribution in [2.45, 2.75) is 50.0 Å². The third kappa shape index (κ3) is 3.14. The summed E-state index contributed by atoms with van der Waals surface area (Å²) in [5.41, 5.74) is 14.8. The summed E-state index contributed by atoms with van der Waals surface area (Å²) >= 11 is 0. The van der Waals surface area contributed by atoms with Gasteiger partial charge in [0.15, 0.2) is 0 Å². The summed E-state index contributed by atoms with van der Waals surface area (Å²) in [6.07, 6.45) is 9.14. The summed E-state index contributed by atoms with van der Waals surface area (Å²) < 4.78 is 0. The number of rotatable bonds is 6. The van der Waals surface area contributed by atoms with Gasteiger partial charge < -0.3 is 16.6 Å². The number of fused-ring (bicyclic) bond motifs is 1. The number of hydrogen-bond acceptors (Lipinski definition) is 5. The normalized spacial score (nSPS) is 19.5. The van der Waals surface area contributed by atoms with Crippen LogP contribution in [-0.4, -0.2) is 21.6 Å². The van der Waals surface area contributed by atoms with Crippen molar-refractivity contribution in [3.05, 3.63) is 53.6 Å². The molecule has 128 valence electrons. The Morgan fingerprint density at radius 1 is 1.17 bits per heavy atom. The van der Waals surface area contributed by atoms with E-state index >= 15 is 0 Å². The summed E-state index contributed by atoms with van der Waals surface area (Å²) in [5.74, 6) is 0.219. The van der Waals surface area contributed by atoms with Crippen LogP contribution in [0.3, 0.4) is 0 Å². The lowest BCUT2D eigenvalue weighted by Crippen LogP contribution is -2.45. The minimum Gasteiger partial charge on any atom is -0.506 e. The van der Waals surface area contributed by atoms with Gasteiger partial charge in [-0.1, -0.05) is 6.07 Å². The highest BCUT2D eigenvalue weighted by Gasteiger charge is 2.42. The first-order valence-electron chi connectivity index (χ1n) is 8.74. The average Bonchev–Trinajstić information content (AvgIpc) is 2.61. The molecule has 0 fully saturated rings. The summed E-state index contributed by atoms with van der Waals surface area (Å²) in [6.45, 7) is 0.643. The zero-order chi connectivity index (χ0) is 17.0. The molecule has 0 amide bonds. The molecule has 3 rings (SSSR count). The molecule has 0 bridgehead atoms. The molecular formula is C19H26N4O. The molecule has 2 atom stereocenters. The summed E-state index contributed by atoms with van der Waals surface area (Å²) in [7, 11) is 0. The predicted octanol–water partition coefficient (Wildman–Crippen LogP) is 2.59. The maximum Gasteiger partial charge on any atom is 0.139 e. The first-order valence-corrected chi connectivity index (χ1v) is 8.74. The molecule has 1 aliphatic carbocycles. The predicted molar refractivity (Wildman–Crippen MR) is 94.6 cm³/mol. The molecule has 0 spiro atoms. The van der Waals surface area contributed by atoms with Crippen LogP contribution in [0.25, 0.3) is 0 Å². The van der Waals surface area contributed by atoms with Crippen LogP contribution in [0.15, 0.2) is 36.7 Å². The first-order chi connectivity index (χ1) is 11.7. The van der Waals surface area contributed by atoms with Gasteiger partial charge in [-0.3, -0.25) is 9.97 Å². The Morgan fingerprint density at radius 2 is 1.96 bits per heavy atom. The molecule has 0 aliphatic heterocycles. The number of unbranched alkanes of at least 4 members (excludes halogenated alkanes) is 1. The van der Waals surface area contributed by atoms with Crippen molar-refractivity contribution in [3.63, 3.8) is 0 Å². The van der Waals surface area contributed by atoms with Gasteiger partial charge in [0.2, 0.25) is 0 Å². The first kappa shape index (κ1) is 16.9. The van der Waals surface area contributed by atoms with Gasteiger partial charge >= 0.3 is 0 Å². The largest absolute Gasteiger partial charge is 0.506 e. The number of nitrogens with two attached hydrogens (primary N) is 2. The van der Waals surface area contributed by atoms with Crippen LogP contribution in [0.5, 0.6) is 5.75 Å². The Balaban J connectivity index is 2.04. The zero-order valence-electron chi connectivity index (χ0n) is 14.0. The van der Waals surface area contributed by atoms with Crippen molar-refractivity contribution in [2.75, 3.05) is 6.54 Å². The van der Waals surface area contributed by atoms with Crippen LogP contribution in [0.4, 0.5) is 0 Å². The second kappa shape index (κ2) is 7.28. The van der Waals surface area contributed by atoms with E-state index < -0.39 is 5.54 Å². The lowest BCUT2D eigenvalue weighted by atomic mass is 9.70. The maximum atomic E-state index is 10.4. The van der Waals surface area contributed by atoms with Gasteiger partial charge in [-0.05, 0) is 68.8 Å². The number of aromatic hydroxyl groups is 1. The Kier molecular flexibility index (Phi) is 5.11. The topological polar surface area (TPSA) is 98.1 Å². The van der Waals surface area contributed by atoms with Crippen molar-refractivity contribution in [3.8, 4) is 5.75 Å². The molecule has 0 radical (unpaired) electrons. The second-order valence-electron chi connectivity index (χ2n) is 6.65. The molecule has 24 heavy (non-hydrogen) atoms. The fourth-order valence-electron chi connectivity index (χ4n) is 3.89. The number of aromatic nitrogens is 2. The molecule has 5 N–H and O–H groups in total. The number of pyridine rings is 2. The lowest BCUT2D eigenvalue weighted by Gasteiger charge is -2.40. The highest BCUT2D eigenvalue weighted by Crippen LogP contribution is 2.46. The minimum atomic E-state index is -0.732. The van der Waals surface area contributed by atoms with Crippen LogP contribution in [0.1, 0.15) is 55.0 Å². The highest BCUT2D eigenvalue weighted by atomic mass is 16.3. The third-order valence-corrected chi connectivity index (χ3v) is 5.09. The molecular weight excluding hydrogens is 300 g/mol. The molecule has 5 nitrogen and oxygen atoms in total. The van der Waals surface area contributed by atoms with Crippen LogP contribution >= 0.6 is 0 Å². The van der Waals surface area contributed by atoms with Gasteiger partial charge in [0.1, 0.15) is 11.4 Å². The summed E-state index contributed by atoms with van der Waals surface area (Å²) in [4.78, 5) is 9.08. The van der Waals surface area contributed by atoms with E-state index in [9.17, 15) is 5.11 Å². The summed E-state index contributed by atoms with van der Waals surface area (Å²) in [6, 6.07) is 7.50. The van der Waals surface area contributed by atoms with Gasteiger partial charge in [0, 0.05) is 24.0 Å². The van der Waals surface area contributed by atoms with E-state index in [0.717, 1.165) is 44.2 Å². The third-order valence-electron chi connectivity index (χ3n) is 5.09. The Bertz CT molecular complexity index is 691. The molecule has 2 heterocycles. The summed E-state index contributed by atoms with van der Waals surface area (Å²) in [5, 5.41) is 10.4. The molecule has 2 aromatic rings. The number of aryl methyl sites for hydroxylation is 1. The zero-order valence-corrected chi connectivity index (χ0v) is 14.0. The van der Waals surface area contributed by atoms with Crippen LogP contribution in [0, 0.1) is 0 Å². The smallest absolute Gasteiger partial charge is 0.139 e. The highest BCUT2D eigenvalue weighted by molar-refractivity contribution is 5.38. The second-order valence-corrected chi connectivity index (χ2v) is 6.65. The molecule has 0 saturated heterocycles. The van der Waals surface area contributed by atoms with Gasteiger partial charge in [0.25, 0.3) is 0 Å². The van der Waals surface area contributed by atoms with Crippen molar-refractivity contribution in [1.82, 2.24) is 9.97 Å². The molecule has 0 saturated carbocycles. The Hall–Kier alpha value is -1.98. The van der Waals surface area contributed by atoms with E-state index in [1.54, 1.807) is 18.3 Å². The number of hydrogen-bond donors (Lipinski definition) is 3. The monoisotopic (exact) mass is 326 g/mol. The van der Waals surface area contributed by atoms with Gasteiger partial charge in [-0.2, -0.15) is 0 Å². The van der Waals surface area contributed by atoms with E-state index in [1.165, 1.54) is 5.56 Å². The van der Waals surface area contributed by atoms with Crippen molar-refractivity contribution in [1.29, 1.82) is 0 Å². The fourth-order valence-corrected chi connectivity index (χ4v) is 3.89. The van der Waals surface area contributed by atoms with E-state index in [2.05, 4.69) is 16.0 Å². The fraction of sp³-hybridized carbons (Fsp3) is 0.474.